The molecule has 2 atom stereocenters. The number of aromatic nitrogens is 1. The molecule has 7 nitrogen and oxygen atoms in total. The fourth-order valence-corrected chi connectivity index (χ4v) is 5.57. The lowest BCUT2D eigenvalue weighted by molar-refractivity contribution is -0.124. The number of thioether (sulfide) groups is 1. The molecule has 0 spiro atoms. The maximum Gasteiger partial charge on any atom is 0.340 e. The lowest BCUT2D eigenvalue weighted by Crippen LogP contribution is -2.35. The van der Waals surface area contributed by atoms with Crippen LogP contribution >= 0.6 is 11.8 Å². The van der Waals surface area contributed by atoms with Crippen molar-refractivity contribution in [3.63, 3.8) is 0 Å². The van der Waals surface area contributed by atoms with E-state index in [1.807, 2.05) is 6.26 Å². The number of carbonyl (C=O) groups is 2. The summed E-state index contributed by atoms with van der Waals surface area (Å²) < 4.78 is 5.22. The quantitative estimate of drug-likeness (QED) is 0.407. The Morgan fingerprint density at radius 3 is 2.65 bits per heavy atom. The first-order valence-corrected chi connectivity index (χ1v) is 12.0. The van der Waals surface area contributed by atoms with Gasteiger partial charge in [0.25, 0.3) is 5.91 Å². The second-order valence-corrected chi connectivity index (χ2v) is 10.3. The first-order chi connectivity index (χ1) is 14.7. The van der Waals surface area contributed by atoms with E-state index in [-0.39, 0.29) is 22.0 Å². The van der Waals surface area contributed by atoms with Crippen molar-refractivity contribution in [2.45, 2.75) is 63.8 Å². The van der Waals surface area contributed by atoms with E-state index in [0.29, 0.717) is 16.9 Å². The van der Waals surface area contributed by atoms with E-state index in [0.717, 1.165) is 37.1 Å². The number of nitrogens with one attached hydrogen (secondary N) is 1. The molecule has 1 amide bonds. The van der Waals surface area contributed by atoms with Crippen molar-refractivity contribution in [3.05, 3.63) is 22.9 Å². The van der Waals surface area contributed by atoms with Gasteiger partial charge in [-0.15, -0.1) is 11.8 Å². The number of nitriles is 1. The second-order valence-electron chi connectivity index (χ2n) is 9.53. The molecule has 1 aromatic rings. The Morgan fingerprint density at radius 2 is 2.10 bits per heavy atom. The predicted molar refractivity (Wildman–Crippen MR) is 118 cm³/mol. The zero-order valence-corrected chi connectivity index (χ0v) is 19.3. The minimum atomic E-state index is -0.688. The van der Waals surface area contributed by atoms with E-state index in [9.17, 15) is 14.9 Å². The van der Waals surface area contributed by atoms with Crippen molar-refractivity contribution < 1.29 is 14.3 Å². The molecule has 3 aliphatic carbocycles. The number of pyridine rings is 1. The SMILES string of the molecule is CSc1nc(C2CC2)cc(C(=O)OCC(=O)N/N=C2\CC3CCC2(C)C3(C)C)c1C#N. The van der Waals surface area contributed by atoms with Gasteiger partial charge in [0.2, 0.25) is 0 Å². The van der Waals surface area contributed by atoms with E-state index in [1.54, 1.807) is 6.07 Å². The van der Waals surface area contributed by atoms with Crippen molar-refractivity contribution >= 4 is 29.4 Å². The van der Waals surface area contributed by atoms with E-state index >= 15 is 0 Å². The van der Waals surface area contributed by atoms with Gasteiger partial charge in [0.15, 0.2) is 6.61 Å². The van der Waals surface area contributed by atoms with Gasteiger partial charge < -0.3 is 4.74 Å². The highest BCUT2D eigenvalue weighted by atomic mass is 32.2. The molecule has 3 fully saturated rings. The molecule has 2 unspecified atom stereocenters. The number of fused-ring (bicyclic) bond motifs is 2. The number of rotatable bonds is 6. The van der Waals surface area contributed by atoms with Gasteiger partial charge in [-0.05, 0) is 55.8 Å². The summed E-state index contributed by atoms with van der Waals surface area (Å²) >= 11 is 1.32. The van der Waals surface area contributed by atoms with E-state index < -0.39 is 18.5 Å². The predicted octanol–water partition coefficient (Wildman–Crippen LogP) is 4.03. The molecule has 1 N–H and O–H groups in total. The molecular weight excluding hydrogens is 412 g/mol. The van der Waals surface area contributed by atoms with Crippen LogP contribution in [0, 0.1) is 28.1 Å². The van der Waals surface area contributed by atoms with Crippen molar-refractivity contribution in [1.82, 2.24) is 10.4 Å². The summed E-state index contributed by atoms with van der Waals surface area (Å²) in [6.45, 7) is 6.33. The summed E-state index contributed by atoms with van der Waals surface area (Å²) in [4.78, 5) is 29.5. The fourth-order valence-electron chi connectivity index (χ4n) is 5.01. The van der Waals surface area contributed by atoms with Crippen LogP contribution < -0.4 is 5.43 Å². The Labute approximate surface area is 187 Å². The number of hydrogen-bond acceptors (Lipinski definition) is 7. The summed E-state index contributed by atoms with van der Waals surface area (Å²) in [7, 11) is 0. The van der Waals surface area contributed by atoms with E-state index in [1.165, 1.54) is 18.2 Å². The molecule has 0 aromatic carbocycles. The molecule has 31 heavy (non-hydrogen) atoms. The van der Waals surface area contributed by atoms with Gasteiger partial charge in [-0.3, -0.25) is 4.79 Å². The van der Waals surface area contributed by atoms with Gasteiger partial charge >= 0.3 is 5.97 Å². The third kappa shape index (κ3) is 3.73. The first kappa shape index (κ1) is 21.8. The largest absolute Gasteiger partial charge is 0.452 e. The summed E-state index contributed by atoms with van der Waals surface area (Å²) in [5, 5.41) is 14.4. The Bertz CT molecular complexity index is 1010. The molecule has 3 saturated carbocycles. The highest BCUT2D eigenvalue weighted by Gasteiger charge is 2.60. The highest BCUT2D eigenvalue weighted by Crippen LogP contribution is 2.63. The lowest BCUT2D eigenvalue weighted by Gasteiger charge is -2.34. The maximum atomic E-state index is 12.7. The number of hydrogen-bond donors (Lipinski definition) is 1. The molecule has 1 heterocycles. The number of carbonyl (C=O) groups excluding carboxylic acids is 2. The van der Waals surface area contributed by atoms with Crippen molar-refractivity contribution in [2.75, 3.05) is 12.9 Å². The maximum absolute atomic E-state index is 12.7. The Kier molecular flexibility index (Phi) is 5.59. The number of nitrogens with zero attached hydrogens (tertiary/aromatic N) is 3. The standard InChI is InChI=1S/C23H28N4O3S/c1-22(2)14-7-8-23(22,3)18(9-14)26-27-19(28)12-30-21(29)15-10-17(13-5-6-13)25-20(31-4)16(15)11-24/h10,13-14H,5-9,12H2,1-4H3,(H,27,28)/b26-18+. The average molecular weight is 441 g/mol. The number of esters is 1. The summed E-state index contributed by atoms with van der Waals surface area (Å²) in [6, 6.07) is 3.69. The zero-order chi connectivity index (χ0) is 22.4. The van der Waals surface area contributed by atoms with Crippen LogP contribution in [-0.2, 0) is 9.53 Å². The number of hydrazone groups is 1. The number of ether oxygens (including phenoxy) is 1. The molecule has 1 aromatic heterocycles. The van der Waals surface area contributed by atoms with Crippen molar-refractivity contribution in [2.24, 2.45) is 21.8 Å². The van der Waals surface area contributed by atoms with Crippen LogP contribution in [0.4, 0.5) is 0 Å². The molecule has 0 saturated heterocycles. The van der Waals surface area contributed by atoms with Crippen molar-refractivity contribution in [1.29, 1.82) is 5.26 Å². The van der Waals surface area contributed by atoms with Gasteiger partial charge in [0.1, 0.15) is 11.1 Å². The van der Waals surface area contributed by atoms with Crippen LogP contribution in [0.25, 0.3) is 0 Å². The summed E-state index contributed by atoms with van der Waals surface area (Å²) in [5.74, 6) is -0.248. The molecule has 3 aliphatic rings. The normalized spacial score (nSPS) is 27.2. The molecule has 4 rings (SSSR count). The van der Waals surface area contributed by atoms with Crippen LogP contribution in [0.2, 0.25) is 0 Å². The van der Waals surface area contributed by atoms with Gasteiger partial charge in [-0.2, -0.15) is 10.4 Å². The molecule has 0 radical (unpaired) electrons. The third-order valence-electron chi connectivity index (χ3n) is 7.69. The Morgan fingerprint density at radius 1 is 1.35 bits per heavy atom. The summed E-state index contributed by atoms with van der Waals surface area (Å²) in [5.41, 5.74) is 4.92. The van der Waals surface area contributed by atoms with Crippen LogP contribution in [0.15, 0.2) is 16.2 Å². The van der Waals surface area contributed by atoms with E-state index in [2.05, 4.69) is 42.4 Å². The highest BCUT2D eigenvalue weighted by molar-refractivity contribution is 7.98. The van der Waals surface area contributed by atoms with Gasteiger partial charge in [0, 0.05) is 22.7 Å². The average Bonchev–Trinajstić information content (AvgIpc) is 3.55. The van der Waals surface area contributed by atoms with Crippen LogP contribution in [-0.4, -0.2) is 35.4 Å². The van der Waals surface area contributed by atoms with Crippen LogP contribution in [0.5, 0.6) is 0 Å². The van der Waals surface area contributed by atoms with Crippen molar-refractivity contribution in [3.8, 4) is 6.07 Å². The van der Waals surface area contributed by atoms with Gasteiger partial charge in [-0.25, -0.2) is 15.2 Å². The zero-order valence-electron chi connectivity index (χ0n) is 18.4. The van der Waals surface area contributed by atoms with Gasteiger partial charge in [0.05, 0.1) is 11.1 Å². The molecule has 2 bridgehead atoms. The second kappa shape index (κ2) is 7.94. The Hall–Kier alpha value is -2.40. The molecule has 164 valence electrons. The minimum absolute atomic E-state index is 0.00616. The van der Waals surface area contributed by atoms with E-state index in [4.69, 9.17) is 4.74 Å². The Balaban J connectivity index is 1.41. The fraction of sp³-hybridized carbons (Fsp3) is 0.609. The molecule has 0 aliphatic heterocycles. The smallest absolute Gasteiger partial charge is 0.340 e. The van der Waals surface area contributed by atoms with Crippen LogP contribution in [0.1, 0.15) is 80.4 Å². The molecular formula is C23H28N4O3S. The first-order valence-electron chi connectivity index (χ1n) is 10.7. The topological polar surface area (TPSA) is 104 Å². The molecule has 8 heteroatoms. The minimum Gasteiger partial charge on any atom is -0.452 e. The lowest BCUT2D eigenvalue weighted by atomic mass is 9.70. The number of amides is 1. The third-order valence-corrected chi connectivity index (χ3v) is 8.37. The van der Waals surface area contributed by atoms with Gasteiger partial charge in [-0.1, -0.05) is 20.8 Å². The van der Waals surface area contributed by atoms with Crippen LogP contribution in [0.3, 0.4) is 0 Å². The summed E-state index contributed by atoms with van der Waals surface area (Å²) in [6.07, 6.45) is 7.05. The monoisotopic (exact) mass is 440 g/mol.